The zero-order valence-corrected chi connectivity index (χ0v) is 21.3. The minimum Gasteiger partial charge on any atom is -0.508 e. The van der Waals surface area contributed by atoms with Gasteiger partial charge in [0.25, 0.3) is 0 Å². The van der Waals surface area contributed by atoms with Gasteiger partial charge >= 0.3 is 12.1 Å². The quantitative estimate of drug-likeness (QED) is 0.349. The largest absolute Gasteiger partial charge is 0.508 e. The molecule has 1 aromatic heterocycles. The number of amides is 1. The first-order valence-electron chi connectivity index (χ1n) is 12.5. The monoisotopic (exact) mass is 565 g/mol. The molecule has 2 aromatic carbocycles. The van der Waals surface area contributed by atoms with Crippen molar-refractivity contribution in [3.8, 4) is 5.75 Å². The Morgan fingerprint density at radius 2 is 1.90 bits per heavy atom. The molecule has 5 rings (SSSR count). The van der Waals surface area contributed by atoms with Crippen LogP contribution in [0.15, 0.2) is 39.5 Å². The van der Waals surface area contributed by atoms with Gasteiger partial charge in [0.2, 0.25) is 5.43 Å². The number of Topliss-reactive ketones (excluding diaryl/α,β-unsaturated/α-hetero) is 1. The molecular formula is C27H26F3NO9. The summed E-state index contributed by atoms with van der Waals surface area (Å²) in [6, 6.07) is 6.23. The topological polar surface area (TPSA) is 156 Å². The summed E-state index contributed by atoms with van der Waals surface area (Å²) in [5.74, 6) is -3.26. The molecule has 2 unspecified atom stereocenters. The predicted octanol–water partition coefficient (Wildman–Crippen LogP) is 2.52. The number of benzene rings is 2. The fraction of sp³-hybridized carbons (Fsp3) is 0.444. The van der Waals surface area contributed by atoms with Crippen molar-refractivity contribution in [2.45, 2.75) is 75.5 Å². The third-order valence-corrected chi connectivity index (χ3v) is 7.55. The molecule has 1 amide bonds. The lowest BCUT2D eigenvalue weighted by molar-refractivity contribution is -0.250. The standard InChI is InChI=1S/C27H26F3NO9/c1-11-22(34)16(31-25(36)27(28,29)30)8-20(38-11)39-19-10-26(37,12(2)32)9-15-21(19)17(33)7-14-23(35)13-5-3-4-6-18(13)40-24(14)15/h3-7,11,16,19-20,22,33-34,37H,8-10H2,1-2H3,(H,31,36)/t11?,16-,19+,20?,22+,26+/m1/s1. The molecule has 13 heteroatoms. The average molecular weight is 565 g/mol. The van der Waals surface area contributed by atoms with Gasteiger partial charge in [-0.3, -0.25) is 14.4 Å². The van der Waals surface area contributed by atoms with Crippen molar-refractivity contribution in [2.24, 2.45) is 0 Å². The fourth-order valence-corrected chi connectivity index (χ4v) is 5.41. The van der Waals surface area contributed by atoms with Crippen molar-refractivity contribution in [1.82, 2.24) is 5.32 Å². The Morgan fingerprint density at radius 3 is 2.58 bits per heavy atom. The smallest absolute Gasteiger partial charge is 0.471 e. The molecule has 0 spiro atoms. The number of carbonyl (C=O) groups is 2. The van der Waals surface area contributed by atoms with Crippen LogP contribution in [0.2, 0.25) is 0 Å². The summed E-state index contributed by atoms with van der Waals surface area (Å²) >= 11 is 0. The lowest BCUT2D eigenvalue weighted by Gasteiger charge is -2.42. The lowest BCUT2D eigenvalue weighted by atomic mass is 9.75. The number of alkyl halides is 3. The van der Waals surface area contributed by atoms with E-state index in [0.717, 1.165) is 6.92 Å². The first-order valence-corrected chi connectivity index (χ1v) is 12.5. The van der Waals surface area contributed by atoms with Crippen LogP contribution in [0.3, 0.4) is 0 Å². The highest BCUT2D eigenvalue weighted by Gasteiger charge is 2.48. The van der Waals surface area contributed by atoms with Crippen molar-refractivity contribution in [1.29, 1.82) is 0 Å². The van der Waals surface area contributed by atoms with E-state index < -0.39 is 66.0 Å². The van der Waals surface area contributed by atoms with Gasteiger partial charge in [-0.1, -0.05) is 12.1 Å². The summed E-state index contributed by atoms with van der Waals surface area (Å²) in [4.78, 5) is 37.3. The lowest BCUT2D eigenvalue weighted by Crippen LogP contribution is -2.57. The highest BCUT2D eigenvalue weighted by atomic mass is 19.4. The molecule has 1 fully saturated rings. The summed E-state index contributed by atoms with van der Waals surface area (Å²) in [6.07, 6.45) is -11.4. The van der Waals surface area contributed by atoms with Crippen molar-refractivity contribution >= 4 is 33.6 Å². The van der Waals surface area contributed by atoms with E-state index in [1.807, 2.05) is 0 Å². The highest BCUT2D eigenvalue weighted by Crippen LogP contribution is 2.47. The maximum atomic E-state index is 13.2. The average Bonchev–Trinajstić information content (AvgIpc) is 2.87. The van der Waals surface area contributed by atoms with Gasteiger partial charge in [0, 0.05) is 30.4 Å². The van der Waals surface area contributed by atoms with Gasteiger partial charge in [-0.05, 0) is 32.0 Å². The molecule has 40 heavy (non-hydrogen) atoms. The number of ketones is 1. The second-order valence-electron chi connectivity index (χ2n) is 10.3. The van der Waals surface area contributed by atoms with E-state index in [2.05, 4.69) is 0 Å². The number of phenols is 1. The van der Waals surface area contributed by atoms with E-state index >= 15 is 0 Å². The molecule has 6 atom stereocenters. The molecular weight excluding hydrogens is 539 g/mol. The number of halogens is 3. The number of nitrogens with one attached hydrogen (secondary N) is 1. The van der Waals surface area contributed by atoms with Crippen LogP contribution in [-0.4, -0.2) is 63.3 Å². The van der Waals surface area contributed by atoms with Gasteiger partial charge in [0.05, 0.1) is 29.0 Å². The highest BCUT2D eigenvalue weighted by molar-refractivity contribution is 5.94. The second-order valence-corrected chi connectivity index (χ2v) is 10.3. The Kier molecular flexibility index (Phi) is 6.89. The second kappa shape index (κ2) is 9.84. The molecule has 0 radical (unpaired) electrons. The number of aliphatic hydroxyl groups excluding tert-OH is 1. The summed E-state index contributed by atoms with van der Waals surface area (Å²) in [5, 5.41) is 34.7. The predicted molar refractivity (Wildman–Crippen MR) is 132 cm³/mol. The number of para-hydroxylation sites is 1. The van der Waals surface area contributed by atoms with E-state index in [4.69, 9.17) is 13.9 Å². The van der Waals surface area contributed by atoms with E-state index in [1.165, 1.54) is 13.0 Å². The Hall–Kier alpha value is -3.52. The minimum absolute atomic E-state index is 0.0158. The van der Waals surface area contributed by atoms with Gasteiger partial charge in [0.15, 0.2) is 12.1 Å². The van der Waals surface area contributed by atoms with Gasteiger partial charge in [-0.15, -0.1) is 0 Å². The molecule has 10 nitrogen and oxygen atoms in total. The third kappa shape index (κ3) is 4.83. The zero-order chi connectivity index (χ0) is 29.1. The molecule has 2 heterocycles. The summed E-state index contributed by atoms with van der Waals surface area (Å²) in [6.45, 7) is 2.54. The first kappa shape index (κ1) is 28.0. The van der Waals surface area contributed by atoms with Gasteiger partial charge in [0.1, 0.15) is 28.6 Å². The molecule has 0 bridgehead atoms. The van der Waals surface area contributed by atoms with E-state index in [9.17, 15) is 42.9 Å². The Morgan fingerprint density at radius 1 is 1.20 bits per heavy atom. The molecule has 0 saturated carbocycles. The van der Waals surface area contributed by atoms with Gasteiger partial charge in [-0.25, -0.2) is 0 Å². The number of ether oxygens (including phenoxy) is 2. The number of carbonyl (C=O) groups excluding carboxylic acids is 2. The van der Waals surface area contributed by atoms with Gasteiger partial charge < -0.3 is 34.5 Å². The summed E-state index contributed by atoms with van der Waals surface area (Å²) in [5.41, 5.74) is -1.91. The molecule has 2 aliphatic rings. The molecule has 214 valence electrons. The number of hydrogen-bond donors (Lipinski definition) is 4. The molecule has 4 N–H and O–H groups in total. The van der Waals surface area contributed by atoms with E-state index in [-0.39, 0.29) is 51.7 Å². The number of aromatic hydroxyl groups is 1. The van der Waals surface area contributed by atoms with Crippen LogP contribution in [0.5, 0.6) is 5.75 Å². The van der Waals surface area contributed by atoms with Crippen LogP contribution in [0.25, 0.3) is 21.9 Å². The third-order valence-electron chi connectivity index (χ3n) is 7.55. The number of fused-ring (bicyclic) bond motifs is 4. The van der Waals surface area contributed by atoms with Crippen LogP contribution in [-0.2, 0) is 25.5 Å². The summed E-state index contributed by atoms with van der Waals surface area (Å²) in [7, 11) is 0. The van der Waals surface area contributed by atoms with Crippen molar-refractivity contribution in [3.63, 3.8) is 0 Å². The molecule has 1 aliphatic carbocycles. The maximum absolute atomic E-state index is 13.2. The number of rotatable bonds is 4. The van der Waals surface area contributed by atoms with Crippen molar-refractivity contribution in [3.05, 3.63) is 51.7 Å². The first-order chi connectivity index (χ1) is 18.7. The fourth-order valence-electron chi connectivity index (χ4n) is 5.41. The van der Waals surface area contributed by atoms with Crippen LogP contribution in [0, 0.1) is 0 Å². The van der Waals surface area contributed by atoms with Crippen LogP contribution < -0.4 is 10.7 Å². The normalized spacial score (nSPS) is 28.8. The minimum atomic E-state index is -5.18. The van der Waals surface area contributed by atoms with E-state index in [0.29, 0.717) is 0 Å². The number of hydrogen-bond acceptors (Lipinski definition) is 9. The molecule has 1 aliphatic heterocycles. The molecule has 1 saturated heterocycles. The Balaban J connectivity index is 1.57. The summed E-state index contributed by atoms with van der Waals surface area (Å²) < 4.78 is 56.2. The number of aliphatic hydroxyl groups is 2. The van der Waals surface area contributed by atoms with Crippen LogP contribution in [0.1, 0.15) is 43.9 Å². The van der Waals surface area contributed by atoms with Crippen LogP contribution in [0.4, 0.5) is 13.2 Å². The number of phenolic OH excluding ortho intramolecular Hbond substituents is 1. The van der Waals surface area contributed by atoms with Crippen molar-refractivity contribution < 1.29 is 52.0 Å². The molecule has 3 aromatic rings. The van der Waals surface area contributed by atoms with E-state index in [1.54, 1.807) is 29.6 Å². The Labute approximate surface area is 224 Å². The maximum Gasteiger partial charge on any atom is 0.471 e. The van der Waals surface area contributed by atoms with Crippen molar-refractivity contribution in [2.75, 3.05) is 0 Å². The van der Waals surface area contributed by atoms with Gasteiger partial charge in [-0.2, -0.15) is 13.2 Å². The Bertz CT molecular complexity index is 1570. The van der Waals surface area contributed by atoms with Crippen LogP contribution >= 0.6 is 0 Å². The zero-order valence-electron chi connectivity index (χ0n) is 21.3. The SMILES string of the molecule is CC(=O)[C@]1(O)Cc2c(c(O)cc3c(=O)c4ccccc4oc23)[C@@H](OC2C[C@@H](NC(=O)C(F)(F)F)[C@@H](O)C(C)O2)C1.